The second-order valence-corrected chi connectivity index (χ2v) is 4.71. The van der Waals surface area contributed by atoms with Crippen molar-refractivity contribution in [3.05, 3.63) is 48.3 Å². The lowest BCUT2D eigenvalue weighted by Gasteiger charge is -2.07. The molecule has 6 heteroatoms. The maximum atomic E-state index is 11.4. The van der Waals surface area contributed by atoms with Gasteiger partial charge in [-0.15, -0.1) is 0 Å². The lowest BCUT2D eigenvalue weighted by atomic mass is 10.2. The summed E-state index contributed by atoms with van der Waals surface area (Å²) in [6.07, 6.45) is 4.27. The first-order valence-corrected chi connectivity index (χ1v) is 7.16. The molecular formula is C16H20N4O2. The minimum absolute atomic E-state index is 0.195. The third kappa shape index (κ3) is 5.14. The Bertz CT molecular complexity index is 572. The van der Waals surface area contributed by atoms with E-state index in [2.05, 4.69) is 20.6 Å². The number of benzene rings is 1. The van der Waals surface area contributed by atoms with Crippen LogP contribution in [0.5, 0.6) is 0 Å². The second-order valence-electron chi connectivity index (χ2n) is 4.71. The molecule has 6 nitrogen and oxygen atoms in total. The van der Waals surface area contributed by atoms with Crippen LogP contribution in [-0.4, -0.2) is 42.8 Å². The van der Waals surface area contributed by atoms with Gasteiger partial charge in [-0.25, -0.2) is 14.8 Å². The third-order valence-corrected chi connectivity index (χ3v) is 3.03. The molecule has 2 N–H and O–H groups in total. The third-order valence-electron chi connectivity index (χ3n) is 3.03. The molecule has 0 aliphatic heterocycles. The van der Waals surface area contributed by atoms with Crippen LogP contribution in [0.1, 0.15) is 5.56 Å². The molecule has 116 valence electrons. The van der Waals surface area contributed by atoms with Gasteiger partial charge in [0, 0.05) is 38.2 Å². The molecule has 0 saturated carbocycles. The van der Waals surface area contributed by atoms with E-state index in [9.17, 15) is 4.79 Å². The number of ether oxygens (including phenoxy) is 1. The quantitative estimate of drug-likeness (QED) is 0.762. The number of urea groups is 1. The van der Waals surface area contributed by atoms with Gasteiger partial charge in [-0.3, -0.25) is 0 Å². The highest BCUT2D eigenvalue weighted by Crippen LogP contribution is 2.13. The van der Waals surface area contributed by atoms with Crippen molar-refractivity contribution >= 4 is 6.03 Å². The molecule has 2 amide bonds. The monoisotopic (exact) mass is 300 g/mol. The van der Waals surface area contributed by atoms with Crippen molar-refractivity contribution < 1.29 is 9.53 Å². The molecule has 1 heterocycles. The highest BCUT2D eigenvalue weighted by atomic mass is 16.5. The van der Waals surface area contributed by atoms with E-state index in [1.54, 1.807) is 19.5 Å². The summed E-state index contributed by atoms with van der Waals surface area (Å²) < 4.78 is 4.85. The summed E-state index contributed by atoms with van der Waals surface area (Å²) in [7, 11) is 1.60. The van der Waals surface area contributed by atoms with E-state index in [4.69, 9.17) is 4.74 Å². The molecule has 0 spiro atoms. The minimum atomic E-state index is -0.195. The van der Waals surface area contributed by atoms with Crippen LogP contribution in [0.2, 0.25) is 0 Å². The van der Waals surface area contributed by atoms with Crippen molar-refractivity contribution in [2.45, 2.75) is 6.42 Å². The maximum Gasteiger partial charge on any atom is 0.314 e. The summed E-state index contributed by atoms with van der Waals surface area (Å²) in [5.74, 6) is 0.703. The molecule has 2 aromatic rings. The summed E-state index contributed by atoms with van der Waals surface area (Å²) in [5, 5.41) is 5.47. The molecule has 22 heavy (non-hydrogen) atoms. The maximum absolute atomic E-state index is 11.4. The zero-order valence-corrected chi connectivity index (χ0v) is 12.6. The molecule has 0 saturated heterocycles. The second kappa shape index (κ2) is 8.74. The summed E-state index contributed by atoms with van der Waals surface area (Å²) in [6.45, 7) is 1.53. The van der Waals surface area contributed by atoms with E-state index < -0.39 is 0 Å². The number of nitrogens with one attached hydrogen (secondary N) is 2. The topological polar surface area (TPSA) is 76.1 Å². The number of carbonyl (C=O) groups is 1. The van der Waals surface area contributed by atoms with Gasteiger partial charge in [-0.05, 0) is 12.0 Å². The summed E-state index contributed by atoms with van der Waals surface area (Å²) in [5.41, 5.74) is 1.97. The molecule has 1 aromatic carbocycles. The highest BCUT2D eigenvalue weighted by molar-refractivity contribution is 5.73. The normalized spacial score (nSPS) is 10.2. The molecular weight excluding hydrogens is 280 g/mol. The Hall–Kier alpha value is -2.47. The van der Waals surface area contributed by atoms with Crippen molar-refractivity contribution in [3.63, 3.8) is 0 Å². The number of amides is 2. The van der Waals surface area contributed by atoms with Gasteiger partial charge in [-0.1, -0.05) is 30.3 Å². The predicted molar refractivity (Wildman–Crippen MR) is 84.4 cm³/mol. The van der Waals surface area contributed by atoms with Crippen molar-refractivity contribution in [2.75, 3.05) is 26.8 Å². The van der Waals surface area contributed by atoms with Crippen molar-refractivity contribution in [2.24, 2.45) is 0 Å². The van der Waals surface area contributed by atoms with Gasteiger partial charge in [-0.2, -0.15) is 0 Å². The molecule has 0 aliphatic carbocycles. The van der Waals surface area contributed by atoms with Crippen LogP contribution in [0.3, 0.4) is 0 Å². The summed E-state index contributed by atoms with van der Waals surface area (Å²) in [6, 6.07) is 9.62. The number of carbonyl (C=O) groups excluding carboxylic acids is 1. The summed E-state index contributed by atoms with van der Waals surface area (Å²) in [4.78, 5) is 20.1. The van der Waals surface area contributed by atoms with E-state index >= 15 is 0 Å². The summed E-state index contributed by atoms with van der Waals surface area (Å²) >= 11 is 0. The largest absolute Gasteiger partial charge is 0.383 e. The van der Waals surface area contributed by atoms with Gasteiger partial charge in [0.05, 0.1) is 6.61 Å². The van der Waals surface area contributed by atoms with Crippen LogP contribution in [0.25, 0.3) is 11.4 Å². The minimum Gasteiger partial charge on any atom is -0.383 e. The zero-order chi connectivity index (χ0) is 15.6. The van der Waals surface area contributed by atoms with E-state index in [0.717, 1.165) is 11.1 Å². The fourth-order valence-corrected chi connectivity index (χ4v) is 1.87. The Balaban J connectivity index is 1.76. The predicted octanol–water partition coefficient (Wildman–Crippen LogP) is 1.63. The first-order valence-electron chi connectivity index (χ1n) is 7.16. The van der Waals surface area contributed by atoms with E-state index in [1.165, 1.54) is 0 Å². The smallest absolute Gasteiger partial charge is 0.314 e. The number of aromatic nitrogens is 2. The number of methoxy groups -OCH3 is 1. The number of nitrogens with zero attached hydrogens (tertiary/aromatic N) is 2. The van der Waals surface area contributed by atoms with Crippen LogP contribution >= 0.6 is 0 Å². The molecule has 0 radical (unpaired) electrons. The SMILES string of the molecule is COCCNC(=O)NCCc1cnc(-c2ccccc2)nc1. The zero-order valence-electron chi connectivity index (χ0n) is 12.6. The van der Waals surface area contributed by atoms with Crippen LogP contribution in [0, 0.1) is 0 Å². The van der Waals surface area contributed by atoms with Crippen LogP contribution < -0.4 is 10.6 Å². The van der Waals surface area contributed by atoms with Gasteiger partial charge in [0.2, 0.25) is 0 Å². The van der Waals surface area contributed by atoms with Crippen molar-refractivity contribution in [3.8, 4) is 11.4 Å². The average molecular weight is 300 g/mol. The average Bonchev–Trinajstić information content (AvgIpc) is 2.57. The Kier molecular flexibility index (Phi) is 6.32. The Morgan fingerprint density at radius 2 is 1.77 bits per heavy atom. The molecule has 1 aromatic heterocycles. The fraction of sp³-hybridized carbons (Fsp3) is 0.312. The lowest BCUT2D eigenvalue weighted by molar-refractivity contribution is 0.196. The van der Waals surface area contributed by atoms with Gasteiger partial charge < -0.3 is 15.4 Å². The Morgan fingerprint density at radius 1 is 1.09 bits per heavy atom. The van der Waals surface area contributed by atoms with E-state index in [1.807, 2.05) is 30.3 Å². The van der Waals surface area contributed by atoms with Crippen molar-refractivity contribution in [1.82, 2.24) is 20.6 Å². The first-order chi connectivity index (χ1) is 10.8. The Morgan fingerprint density at radius 3 is 2.45 bits per heavy atom. The van der Waals surface area contributed by atoms with Gasteiger partial charge in [0.1, 0.15) is 0 Å². The molecule has 0 atom stereocenters. The molecule has 0 unspecified atom stereocenters. The molecule has 0 fully saturated rings. The number of rotatable bonds is 7. The first kappa shape index (κ1) is 15.9. The molecule has 2 rings (SSSR count). The lowest BCUT2D eigenvalue weighted by Crippen LogP contribution is -2.38. The van der Waals surface area contributed by atoms with Crippen LogP contribution in [-0.2, 0) is 11.2 Å². The molecule has 0 aliphatic rings. The van der Waals surface area contributed by atoms with Gasteiger partial charge in [0.15, 0.2) is 5.82 Å². The van der Waals surface area contributed by atoms with Crippen molar-refractivity contribution in [1.29, 1.82) is 0 Å². The number of hydrogen-bond donors (Lipinski definition) is 2. The van der Waals surface area contributed by atoms with Gasteiger partial charge >= 0.3 is 6.03 Å². The van der Waals surface area contributed by atoms with Crippen LogP contribution in [0.15, 0.2) is 42.7 Å². The highest BCUT2D eigenvalue weighted by Gasteiger charge is 2.02. The van der Waals surface area contributed by atoms with E-state index in [0.29, 0.717) is 31.9 Å². The molecule has 0 bridgehead atoms. The Labute approximate surface area is 129 Å². The van der Waals surface area contributed by atoms with Gasteiger partial charge in [0.25, 0.3) is 0 Å². The fourth-order valence-electron chi connectivity index (χ4n) is 1.87. The standard InChI is InChI=1S/C16H20N4O2/c1-22-10-9-18-16(21)17-8-7-13-11-19-15(20-12-13)14-5-3-2-4-6-14/h2-6,11-12H,7-10H2,1H3,(H2,17,18,21). The van der Waals surface area contributed by atoms with Crippen LogP contribution in [0.4, 0.5) is 4.79 Å². The number of hydrogen-bond acceptors (Lipinski definition) is 4. The van der Waals surface area contributed by atoms with E-state index in [-0.39, 0.29) is 6.03 Å².